The van der Waals surface area contributed by atoms with Gasteiger partial charge in [-0.15, -0.1) is 24.0 Å². The molecule has 34 heavy (non-hydrogen) atoms. The van der Waals surface area contributed by atoms with Gasteiger partial charge in [-0.25, -0.2) is 15.0 Å². The Kier molecular flexibility index (Phi) is 9.70. The zero-order chi connectivity index (χ0) is 23.0. The molecule has 2 N–H and O–H groups in total. The summed E-state index contributed by atoms with van der Waals surface area (Å²) in [5, 5.41) is 6.63. The van der Waals surface area contributed by atoms with E-state index in [0.29, 0.717) is 19.0 Å². The van der Waals surface area contributed by atoms with E-state index in [0.717, 1.165) is 54.8 Å². The van der Waals surface area contributed by atoms with Crippen LogP contribution in [-0.2, 0) is 17.8 Å². The number of aryl methyl sites for hydroxylation is 1. The summed E-state index contributed by atoms with van der Waals surface area (Å²) < 4.78 is 11.3. The summed E-state index contributed by atoms with van der Waals surface area (Å²) in [4.78, 5) is 16.1. The first kappa shape index (κ1) is 26.0. The second-order valence-electron chi connectivity index (χ2n) is 8.21. The van der Waals surface area contributed by atoms with Crippen LogP contribution in [0.25, 0.3) is 11.5 Å². The van der Waals surface area contributed by atoms with E-state index in [-0.39, 0.29) is 30.1 Å². The number of nitrogens with one attached hydrogen (secondary N) is 2. The molecule has 1 saturated heterocycles. The first-order chi connectivity index (χ1) is 16.1. The lowest BCUT2D eigenvalue weighted by atomic mass is 10.1. The van der Waals surface area contributed by atoms with Crippen molar-refractivity contribution >= 4 is 35.8 Å². The monoisotopic (exact) mass is 576 g/mol. The Hall–Kier alpha value is -2.66. The van der Waals surface area contributed by atoms with Crippen LogP contribution >= 0.6 is 24.0 Å². The molecule has 0 aliphatic carbocycles. The molecule has 8 nitrogen and oxygen atoms in total. The molecule has 3 heterocycles. The molecule has 2 aromatic heterocycles. The van der Waals surface area contributed by atoms with Gasteiger partial charge in [0.25, 0.3) is 0 Å². The molecule has 1 atom stereocenters. The molecule has 0 bridgehead atoms. The molecule has 182 valence electrons. The number of pyridine rings is 1. The van der Waals surface area contributed by atoms with Crippen molar-refractivity contribution < 1.29 is 9.15 Å². The predicted octanol–water partition coefficient (Wildman–Crippen LogP) is 4.14. The molecule has 1 aromatic carbocycles. The Morgan fingerprint density at radius 3 is 2.79 bits per heavy atom. The van der Waals surface area contributed by atoms with Crippen LogP contribution in [-0.4, -0.2) is 48.3 Å². The second kappa shape index (κ2) is 12.7. The zero-order valence-electron chi connectivity index (χ0n) is 20.0. The number of aromatic nitrogens is 2. The van der Waals surface area contributed by atoms with Crippen LogP contribution in [0.3, 0.4) is 0 Å². The zero-order valence-corrected chi connectivity index (χ0v) is 22.3. The fourth-order valence-corrected chi connectivity index (χ4v) is 3.66. The van der Waals surface area contributed by atoms with E-state index >= 15 is 0 Å². The van der Waals surface area contributed by atoms with Gasteiger partial charge in [-0.05, 0) is 50.6 Å². The van der Waals surface area contributed by atoms with Crippen LogP contribution in [0, 0.1) is 6.92 Å². The van der Waals surface area contributed by atoms with Crippen LogP contribution in [0.1, 0.15) is 30.7 Å². The first-order valence-corrected chi connectivity index (χ1v) is 11.5. The molecule has 1 aliphatic rings. The molecule has 4 rings (SSSR count). The van der Waals surface area contributed by atoms with E-state index in [9.17, 15) is 0 Å². The van der Waals surface area contributed by atoms with Crippen LogP contribution in [0.4, 0.5) is 5.82 Å². The number of benzene rings is 1. The van der Waals surface area contributed by atoms with Gasteiger partial charge in [0, 0.05) is 31.4 Å². The number of hydrogen-bond acceptors (Lipinski definition) is 6. The minimum Gasteiger partial charge on any atom is -0.444 e. The van der Waals surface area contributed by atoms with E-state index in [1.165, 1.54) is 5.56 Å². The number of nitrogens with zero attached hydrogens (tertiary/aromatic N) is 4. The average Bonchev–Trinajstić information content (AvgIpc) is 3.30. The van der Waals surface area contributed by atoms with E-state index < -0.39 is 0 Å². The number of anilines is 1. The van der Waals surface area contributed by atoms with Gasteiger partial charge in [0.15, 0.2) is 5.96 Å². The maximum atomic E-state index is 5.66. The van der Waals surface area contributed by atoms with Crippen LogP contribution in [0.5, 0.6) is 0 Å². The summed E-state index contributed by atoms with van der Waals surface area (Å²) in [6.45, 7) is 10.5. The number of halogens is 1. The number of ether oxygens (including phenoxy) is 1. The molecule has 0 spiro atoms. The van der Waals surface area contributed by atoms with Gasteiger partial charge >= 0.3 is 0 Å². The van der Waals surface area contributed by atoms with Gasteiger partial charge < -0.3 is 24.7 Å². The standard InChI is InChI=1S/C25H32N6O2.HI/c1-4-26-25(29-15-22-17-33-24(30-22)21-7-5-18(2)6-8-21)28-14-20-9-10-27-23(13-20)31-11-12-32-19(3)16-31;/h5-10,13,17,19H,4,11-12,14-16H2,1-3H3,(H2,26,28,29);1H. The first-order valence-electron chi connectivity index (χ1n) is 11.5. The third kappa shape index (κ3) is 7.17. The highest BCUT2D eigenvalue weighted by Crippen LogP contribution is 2.19. The number of hydrogen-bond donors (Lipinski definition) is 2. The largest absolute Gasteiger partial charge is 0.444 e. The summed E-state index contributed by atoms with van der Waals surface area (Å²) in [7, 11) is 0. The lowest BCUT2D eigenvalue weighted by molar-refractivity contribution is 0.0529. The van der Waals surface area contributed by atoms with E-state index in [4.69, 9.17) is 14.1 Å². The van der Waals surface area contributed by atoms with E-state index in [1.54, 1.807) is 6.26 Å². The number of morpholine rings is 1. The van der Waals surface area contributed by atoms with Gasteiger partial charge in [-0.3, -0.25) is 0 Å². The van der Waals surface area contributed by atoms with Crippen LogP contribution < -0.4 is 15.5 Å². The van der Waals surface area contributed by atoms with Crippen LogP contribution in [0.15, 0.2) is 58.3 Å². The van der Waals surface area contributed by atoms with Crippen LogP contribution in [0.2, 0.25) is 0 Å². The van der Waals surface area contributed by atoms with Crippen molar-refractivity contribution in [1.29, 1.82) is 0 Å². The van der Waals surface area contributed by atoms with Crippen molar-refractivity contribution in [2.24, 2.45) is 4.99 Å². The van der Waals surface area contributed by atoms with Gasteiger partial charge in [0.1, 0.15) is 12.1 Å². The third-order valence-corrected chi connectivity index (χ3v) is 5.43. The van der Waals surface area contributed by atoms with Crippen molar-refractivity contribution in [2.45, 2.75) is 40.0 Å². The quantitative estimate of drug-likeness (QED) is 0.248. The Morgan fingerprint density at radius 2 is 2.03 bits per heavy atom. The molecular formula is C25H33IN6O2. The molecule has 9 heteroatoms. The van der Waals surface area contributed by atoms with Crippen molar-refractivity contribution in [3.8, 4) is 11.5 Å². The van der Waals surface area contributed by atoms with Gasteiger partial charge in [0.2, 0.25) is 5.89 Å². The van der Waals surface area contributed by atoms with Gasteiger partial charge in [-0.1, -0.05) is 17.7 Å². The lowest BCUT2D eigenvalue weighted by Gasteiger charge is -2.32. The summed E-state index contributed by atoms with van der Waals surface area (Å²) in [5.41, 5.74) is 4.11. The Morgan fingerprint density at radius 1 is 1.21 bits per heavy atom. The molecule has 0 saturated carbocycles. The molecule has 1 aliphatic heterocycles. The fraction of sp³-hybridized carbons (Fsp3) is 0.400. The highest BCUT2D eigenvalue weighted by atomic mass is 127. The Balaban J connectivity index is 0.00000324. The predicted molar refractivity (Wildman–Crippen MR) is 146 cm³/mol. The second-order valence-corrected chi connectivity index (χ2v) is 8.21. The number of rotatable bonds is 7. The van der Waals surface area contributed by atoms with Crippen molar-refractivity contribution in [2.75, 3.05) is 31.1 Å². The molecule has 0 radical (unpaired) electrons. The lowest BCUT2D eigenvalue weighted by Crippen LogP contribution is -2.41. The molecule has 1 unspecified atom stereocenters. The highest BCUT2D eigenvalue weighted by Gasteiger charge is 2.18. The maximum Gasteiger partial charge on any atom is 0.226 e. The summed E-state index contributed by atoms with van der Waals surface area (Å²) >= 11 is 0. The van der Waals surface area contributed by atoms with Crippen molar-refractivity contribution in [3.05, 3.63) is 65.7 Å². The highest BCUT2D eigenvalue weighted by molar-refractivity contribution is 14.0. The smallest absolute Gasteiger partial charge is 0.226 e. The topological polar surface area (TPSA) is 87.8 Å². The Bertz CT molecular complexity index is 1070. The average molecular weight is 576 g/mol. The SMILES string of the molecule is CCNC(=NCc1ccnc(N2CCOC(C)C2)c1)NCc1coc(-c2ccc(C)cc2)n1.I. The third-order valence-electron chi connectivity index (χ3n) is 5.43. The molecule has 1 fully saturated rings. The summed E-state index contributed by atoms with van der Waals surface area (Å²) in [6.07, 6.45) is 3.75. The van der Waals surface area contributed by atoms with Gasteiger partial charge in [-0.2, -0.15) is 0 Å². The Labute approximate surface area is 218 Å². The number of aliphatic imine (C=N–C) groups is 1. The molecule has 0 amide bonds. The number of oxazole rings is 1. The van der Waals surface area contributed by atoms with E-state index in [2.05, 4.69) is 57.5 Å². The normalized spacial score (nSPS) is 16.1. The van der Waals surface area contributed by atoms with Crippen molar-refractivity contribution in [3.63, 3.8) is 0 Å². The maximum absolute atomic E-state index is 5.66. The summed E-state index contributed by atoms with van der Waals surface area (Å²) in [5.74, 6) is 2.33. The number of guanidine groups is 1. The summed E-state index contributed by atoms with van der Waals surface area (Å²) in [6, 6.07) is 12.3. The fourth-order valence-electron chi connectivity index (χ4n) is 3.66. The molecule has 3 aromatic rings. The minimum absolute atomic E-state index is 0. The molecular weight excluding hydrogens is 543 g/mol. The van der Waals surface area contributed by atoms with Crippen molar-refractivity contribution in [1.82, 2.24) is 20.6 Å². The van der Waals surface area contributed by atoms with E-state index in [1.807, 2.05) is 31.3 Å². The minimum atomic E-state index is 0. The van der Waals surface area contributed by atoms with Gasteiger partial charge in [0.05, 0.1) is 31.5 Å².